The number of anilines is 2. The maximum absolute atomic E-state index is 13.2. The third kappa shape index (κ3) is 7.11. The smallest absolute Gasteiger partial charge is 0.475 e. The number of aliphatic hydroxyl groups excluding tert-OH is 1. The normalized spacial score (nSPS) is 13.8. The Morgan fingerprint density at radius 1 is 1.00 bits per heavy atom. The second-order valence-corrected chi connectivity index (χ2v) is 8.97. The molecule has 1 fully saturated rings. The minimum absolute atomic E-state index is 0.0658. The summed E-state index contributed by atoms with van der Waals surface area (Å²) in [6, 6.07) is 11.9. The van der Waals surface area contributed by atoms with E-state index >= 15 is 0 Å². The molecule has 0 bridgehead atoms. The van der Waals surface area contributed by atoms with Crippen molar-refractivity contribution in [2.24, 2.45) is 0 Å². The molecule has 0 saturated carbocycles. The SMILES string of the molecule is O=C(Nc1ccc(N2CC(O)C2)nc1)c1cc2ccncc2n1Cc1cccc(C(F)(F)F)c1.O=C(O)C(F)(F)F. The zero-order valence-corrected chi connectivity index (χ0v) is 20.8. The number of fused-ring (bicyclic) bond motifs is 1. The van der Waals surface area contributed by atoms with Crippen molar-refractivity contribution in [3.63, 3.8) is 0 Å². The second-order valence-electron chi connectivity index (χ2n) is 8.97. The van der Waals surface area contributed by atoms with E-state index in [4.69, 9.17) is 9.90 Å². The molecule has 0 spiro atoms. The van der Waals surface area contributed by atoms with E-state index in [9.17, 15) is 36.2 Å². The standard InChI is InChI=1S/C24H20F3N5O2.C2HF3O2/c25-24(26,27)17-3-1-2-15(8-17)12-32-20(9-16-6-7-28-11-21(16)32)23(34)30-18-4-5-22(29-10-18)31-13-19(33)14-31;3-2(4,5)1(6)7/h1-11,19,33H,12-14H2,(H,30,34);(H,6,7). The van der Waals surface area contributed by atoms with Crippen molar-refractivity contribution in [1.82, 2.24) is 14.5 Å². The van der Waals surface area contributed by atoms with Crippen molar-refractivity contribution in [3.05, 3.63) is 83.9 Å². The number of alkyl halides is 6. The number of carbonyl (C=O) groups is 2. The van der Waals surface area contributed by atoms with Crippen LogP contribution in [0.25, 0.3) is 10.9 Å². The molecule has 1 aliphatic heterocycles. The van der Waals surface area contributed by atoms with Gasteiger partial charge in [0, 0.05) is 31.2 Å². The number of hydrogen-bond donors (Lipinski definition) is 3. The fraction of sp³-hybridized carbons (Fsp3) is 0.231. The van der Waals surface area contributed by atoms with E-state index in [-0.39, 0.29) is 18.3 Å². The molecule has 0 atom stereocenters. The Morgan fingerprint density at radius 3 is 2.29 bits per heavy atom. The molecule has 9 nitrogen and oxygen atoms in total. The van der Waals surface area contributed by atoms with Crippen LogP contribution < -0.4 is 10.2 Å². The number of aliphatic hydroxyl groups is 1. The summed E-state index contributed by atoms with van der Waals surface area (Å²) in [5.41, 5.74) is 1.06. The highest BCUT2D eigenvalue weighted by Crippen LogP contribution is 2.30. The summed E-state index contributed by atoms with van der Waals surface area (Å²) < 4.78 is 72.9. The molecule has 15 heteroatoms. The Morgan fingerprint density at radius 2 is 1.71 bits per heavy atom. The van der Waals surface area contributed by atoms with Gasteiger partial charge in [-0.3, -0.25) is 9.78 Å². The van der Waals surface area contributed by atoms with Crippen molar-refractivity contribution < 1.29 is 46.1 Å². The third-order valence-corrected chi connectivity index (χ3v) is 5.97. The quantitative estimate of drug-likeness (QED) is 0.296. The van der Waals surface area contributed by atoms with E-state index in [1.165, 1.54) is 12.3 Å². The molecule has 0 unspecified atom stereocenters. The fourth-order valence-corrected chi connectivity index (χ4v) is 3.97. The topological polar surface area (TPSA) is 121 Å². The van der Waals surface area contributed by atoms with Gasteiger partial charge in [0.2, 0.25) is 0 Å². The molecule has 5 rings (SSSR count). The van der Waals surface area contributed by atoms with E-state index in [0.717, 1.165) is 17.5 Å². The first-order chi connectivity index (χ1) is 19.2. The summed E-state index contributed by atoms with van der Waals surface area (Å²) in [4.78, 5) is 32.4. The number of aliphatic carboxylic acids is 1. The minimum Gasteiger partial charge on any atom is -0.475 e. The molecule has 0 radical (unpaired) electrons. The fourth-order valence-electron chi connectivity index (χ4n) is 3.97. The van der Waals surface area contributed by atoms with Crippen LogP contribution in [0.15, 0.2) is 67.1 Å². The lowest BCUT2D eigenvalue weighted by atomic mass is 10.1. The summed E-state index contributed by atoms with van der Waals surface area (Å²) in [5, 5.41) is 20.1. The molecular formula is C26H21F6N5O4. The first-order valence-corrected chi connectivity index (χ1v) is 11.8. The number of amides is 1. The van der Waals surface area contributed by atoms with Crippen LogP contribution in [0.1, 0.15) is 21.6 Å². The molecule has 1 aliphatic rings. The molecule has 216 valence electrons. The second kappa shape index (κ2) is 11.4. The van der Waals surface area contributed by atoms with Crippen molar-refractivity contribution in [3.8, 4) is 0 Å². The number of aromatic nitrogens is 3. The number of pyridine rings is 2. The summed E-state index contributed by atoms with van der Waals surface area (Å²) in [5.74, 6) is -2.47. The zero-order chi connectivity index (χ0) is 29.9. The van der Waals surface area contributed by atoms with Gasteiger partial charge >= 0.3 is 18.3 Å². The Hall–Kier alpha value is -4.66. The summed E-state index contributed by atoms with van der Waals surface area (Å²) in [6.07, 6.45) is -5.19. The third-order valence-electron chi connectivity index (χ3n) is 5.97. The Bertz CT molecular complexity index is 1550. The van der Waals surface area contributed by atoms with Crippen LogP contribution in [0.2, 0.25) is 0 Å². The van der Waals surface area contributed by atoms with Gasteiger partial charge in [-0.1, -0.05) is 12.1 Å². The van der Waals surface area contributed by atoms with Crippen molar-refractivity contribution >= 4 is 34.3 Å². The number of halogens is 6. The molecular weight excluding hydrogens is 560 g/mol. The average Bonchev–Trinajstić information content (AvgIpc) is 3.25. The van der Waals surface area contributed by atoms with Gasteiger partial charge in [-0.15, -0.1) is 0 Å². The first-order valence-electron chi connectivity index (χ1n) is 11.8. The monoisotopic (exact) mass is 581 g/mol. The van der Waals surface area contributed by atoms with E-state index in [1.54, 1.807) is 47.3 Å². The van der Waals surface area contributed by atoms with Gasteiger partial charge in [0.15, 0.2) is 0 Å². The summed E-state index contributed by atoms with van der Waals surface area (Å²) in [7, 11) is 0. The Labute approximate surface area is 227 Å². The minimum atomic E-state index is -5.08. The Balaban J connectivity index is 0.000000493. The molecule has 0 aliphatic carbocycles. The molecule has 41 heavy (non-hydrogen) atoms. The van der Waals surface area contributed by atoms with Gasteiger partial charge in [-0.05, 0) is 42.0 Å². The molecule has 3 N–H and O–H groups in total. The van der Waals surface area contributed by atoms with Gasteiger partial charge in [0.05, 0.1) is 35.3 Å². The van der Waals surface area contributed by atoms with E-state index in [1.807, 2.05) is 4.90 Å². The number of β-amino-alcohol motifs (C(OH)–C–C–N with tert-alkyl or cyclic N) is 1. The lowest BCUT2D eigenvalue weighted by molar-refractivity contribution is -0.192. The molecule has 3 aromatic heterocycles. The van der Waals surface area contributed by atoms with Crippen LogP contribution >= 0.6 is 0 Å². The lowest BCUT2D eigenvalue weighted by Gasteiger charge is -2.36. The van der Waals surface area contributed by atoms with Gasteiger partial charge in [-0.2, -0.15) is 26.3 Å². The van der Waals surface area contributed by atoms with Crippen molar-refractivity contribution in [2.75, 3.05) is 23.3 Å². The highest BCUT2D eigenvalue weighted by atomic mass is 19.4. The highest BCUT2D eigenvalue weighted by molar-refractivity contribution is 6.06. The number of nitrogens with zero attached hydrogens (tertiary/aromatic N) is 4. The highest BCUT2D eigenvalue weighted by Gasteiger charge is 2.38. The zero-order valence-electron chi connectivity index (χ0n) is 20.8. The summed E-state index contributed by atoms with van der Waals surface area (Å²) >= 11 is 0. The summed E-state index contributed by atoms with van der Waals surface area (Å²) in [6.45, 7) is 1.10. The molecule has 4 aromatic rings. The largest absolute Gasteiger partial charge is 0.490 e. The van der Waals surface area contributed by atoms with Crippen LogP contribution in [-0.4, -0.2) is 62.0 Å². The average molecular weight is 581 g/mol. The van der Waals surface area contributed by atoms with Gasteiger partial charge in [0.1, 0.15) is 11.5 Å². The van der Waals surface area contributed by atoms with E-state index in [2.05, 4.69) is 15.3 Å². The number of nitrogens with one attached hydrogen (secondary N) is 1. The number of rotatable bonds is 5. The molecule has 4 heterocycles. The van der Waals surface area contributed by atoms with Crippen LogP contribution in [0.3, 0.4) is 0 Å². The van der Waals surface area contributed by atoms with Crippen molar-refractivity contribution in [1.29, 1.82) is 0 Å². The number of carboxylic acid groups (broad SMARTS) is 1. The predicted octanol–water partition coefficient (Wildman–Crippen LogP) is 4.56. The number of carbonyl (C=O) groups excluding carboxylic acids is 1. The number of benzene rings is 1. The van der Waals surface area contributed by atoms with Crippen LogP contribution in [0.5, 0.6) is 0 Å². The van der Waals surface area contributed by atoms with Crippen LogP contribution in [-0.2, 0) is 17.5 Å². The van der Waals surface area contributed by atoms with Crippen molar-refractivity contribution in [2.45, 2.75) is 25.0 Å². The number of carboxylic acids is 1. The van der Waals surface area contributed by atoms with E-state index in [0.29, 0.717) is 35.7 Å². The van der Waals surface area contributed by atoms with Crippen LogP contribution in [0, 0.1) is 0 Å². The van der Waals surface area contributed by atoms with Gasteiger partial charge in [0.25, 0.3) is 5.91 Å². The van der Waals surface area contributed by atoms with Gasteiger partial charge in [-0.25, -0.2) is 9.78 Å². The molecule has 1 saturated heterocycles. The predicted molar refractivity (Wildman–Crippen MR) is 134 cm³/mol. The maximum atomic E-state index is 13.2. The first kappa shape index (κ1) is 29.3. The van der Waals surface area contributed by atoms with E-state index < -0.39 is 29.8 Å². The van der Waals surface area contributed by atoms with Gasteiger partial charge < -0.3 is 25.0 Å². The lowest BCUT2D eigenvalue weighted by Crippen LogP contribution is -2.51. The Kier molecular flexibility index (Phi) is 8.19. The molecule has 1 amide bonds. The molecule has 1 aromatic carbocycles. The maximum Gasteiger partial charge on any atom is 0.490 e. The van der Waals surface area contributed by atoms with Crippen LogP contribution in [0.4, 0.5) is 37.8 Å². The number of hydrogen-bond acceptors (Lipinski definition) is 6.